The number of hydrogen-bond acceptors (Lipinski definition) is 3. The number of benzene rings is 1. The van der Waals surface area contributed by atoms with E-state index in [1.807, 2.05) is 13.8 Å². The highest BCUT2D eigenvalue weighted by Crippen LogP contribution is 2.35. The SMILES string of the molecule is CC.CNC(C(=O)O)c1cc(Br)c(O)c(Br)c1. The molecule has 0 heterocycles. The lowest BCUT2D eigenvalue weighted by Gasteiger charge is -2.13. The second kappa shape index (κ2) is 7.68. The fourth-order valence-electron chi connectivity index (χ4n) is 1.18. The first kappa shape index (κ1) is 16.4. The van der Waals surface area contributed by atoms with Crippen molar-refractivity contribution in [3.05, 3.63) is 26.6 Å². The van der Waals surface area contributed by atoms with E-state index in [-0.39, 0.29) is 5.75 Å². The molecule has 1 unspecified atom stereocenters. The molecule has 0 aromatic heterocycles. The number of aliphatic carboxylic acids is 1. The van der Waals surface area contributed by atoms with Gasteiger partial charge < -0.3 is 15.5 Å². The van der Waals surface area contributed by atoms with Crippen molar-refractivity contribution < 1.29 is 15.0 Å². The molecule has 0 radical (unpaired) electrons. The van der Waals surface area contributed by atoms with Crippen molar-refractivity contribution in [3.63, 3.8) is 0 Å². The summed E-state index contributed by atoms with van der Waals surface area (Å²) in [6.07, 6.45) is 0. The number of hydrogen-bond donors (Lipinski definition) is 3. The molecule has 1 atom stereocenters. The summed E-state index contributed by atoms with van der Waals surface area (Å²) < 4.78 is 0.904. The number of carbonyl (C=O) groups is 1. The number of aromatic hydroxyl groups is 1. The van der Waals surface area contributed by atoms with Crippen molar-refractivity contribution in [3.8, 4) is 5.75 Å². The van der Waals surface area contributed by atoms with Gasteiger partial charge in [0.25, 0.3) is 0 Å². The van der Waals surface area contributed by atoms with Gasteiger partial charge in [0.15, 0.2) is 0 Å². The van der Waals surface area contributed by atoms with Gasteiger partial charge in [0.2, 0.25) is 0 Å². The minimum absolute atomic E-state index is 0.0546. The van der Waals surface area contributed by atoms with E-state index in [4.69, 9.17) is 5.11 Å². The summed E-state index contributed by atoms with van der Waals surface area (Å²) in [6, 6.07) is 2.34. The standard InChI is InChI=1S/C9H9Br2NO3.C2H6/c1-12-7(9(14)15)4-2-5(10)8(13)6(11)3-4;1-2/h2-3,7,12-13H,1H3,(H,14,15);1-2H3. The van der Waals surface area contributed by atoms with Crippen molar-refractivity contribution in [2.24, 2.45) is 0 Å². The molecule has 3 N–H and O–H groups in total. The Morgan fingerprint density at radius 2 is 1.71 bits per heavy atom. The molecule has 1 aromatic carbocycles. The van der Waals surface area contributed by atoms with Crippen LogP contribution in [0.5, 0.6) is 5.75 Å². The minimum atomic E-state index is -0.970. The summed E-state index contributed by atoms with van der Waals surface area (Å²) in [5.41, 5.74) is 0.557. The summed E-state index contributed by atoms with van der Waals surface area (Å²) in [6.45, 7) is 4.00. The topological polar surface area (TPSA) is 69.6 Å². The van der Waals surface area contributed by atoms with Gasteiger partial charge in [-0.2, -0.15) is 0 Å². The fraction of sp³-hybridized carbons (Fsp3) is 0.364. The zero-order valence-corrected chi connectivity index (χ0v) is 13.0. The van der Waals surface area contributed by atoms with Crippen molar-refractivity contribution in [2.45, 2.75) is 19.9 Å². The Kier molecular flexibility index (Phi) is 7.41. The minimum Gasteiger partial charge on any atom is -0.506 e. The quantitative estimate of drug-likeness (QED) is 0.765. The Morgan fingerprint density at radius 3 is 2.00 bits per heavy atom. The Bertz CT molecular complexity index is 373. The van der Waals surface area contributed by atoms with Gasteiger partial charge in [-0.25, -0.2) is 0 Å². The average molecular weight is 369 g/mol. The summed E-state index contributed by atoms with van der Waals surface area (Å²) in [7, 11) is 1.56. The van der Waals surface area contributed by atoms with Crippen LogP contribution in [0.15, 0.2) is 21.1 Å². The van der Waals surface area contributed by atoms with Crippen LogP contribution in [0.25, 0.3) is 0 Å². The molecule has 6 heteroatoms. The summed E-state index contributed by atoms with van der Waals surface area (Å²) in [5, 5.41) is 21.1. The number of halogens is 2. The molecular weight excluding hydrogens is 354 g/mol. The third-order valence-electron chi connectivity index (χ3n) is 1.91. The van der Waals surface area contributed by atoms with Crippen LogP contribution in [0.2, 0.25) is 0 Å². The van der Waals surface area contributed by atoms with E-state index < -0.39 is 12.0 Å². The van der Waals surface area contributed by atoms with Gasteiger partial charge in [-0.05, 0) is 56.6 Å². The molecular formula is C11H15Br2NO3. The van der Waals surface area contributed by atoms with E-state index in [0.29, 0.717) is 14.5 Å². The lowest BCUT2D eigenvalue weighted by Crippen LogP contribution is -2.24. The number of rotatable bonds is 3. The van der Waals surface area contributed by atoms with Crippen LogP contribution in [0.4, 0.5) is 0 Å². The third-order valence-corrected chi connectivity index (χ3v) is 3.12. The first-order valence-electron chi connectivity index (χ1n) is 5.05. The van der Waals surface area contributed by atoms with Gasteiger partial charge in [-0.3, -0.25) is 4.79 Å². The predicted octanol–water partition coefficient (Wildman–Crippen LogP) is 3.29. The Hall–Kier alpha value is -0.590. The maximum Gasteiger partial charge on any atom is 0.325 e. The molecule has 0 amide bonds. The van der Waals surface area contributed by atoms with E-state index in [1.165, 1.54) is 0 Å². The van der Waals surface area contributed by atoms with E-state index in [0.717, 1.165) is 0 Å². The molecule has 4 nitrogen and oxygen atoms in total. The largest absolute Gasteiger partial charge is 0.506 e. The summed E-state index contributed by atoms with van der Waals surface area (Å²) in [4.78, 5) is 10.9. The van der Waals surface area contributed by atoms with E-state index >= 15 is 0 Å². The molecule has 0 aliphatic rings. The Balaban J connectivity index is 0.00000121. The van der Waals surface area contributed by atoms with Gasteiger partial charge in [-0.1, -0.05) is 13.8 Å². The molecule has 1 rings (SSSR count). The van der Waals surface area contributed by atoms with Crippen molar-refractivity contribution in [1.82, 2.24) is 5.32 Å². The van der Waals surface area contributed by atoms with Crippen molar-refractivity contribution in [1.29, 1.82) is 0 Å². The monoisotopic (exact) mass is 367 g/mol. The van der Waals surface area contributed by atoms with Gasteiger partial charge >= 0.3 is 5.97 Å². The number of likely N-dealkylation sites (N-methyl/N-ethyl adjacent to an activating group) is 1. The van der Waals surface area contributed by atoms with Gasteiger partial charge in [0.05, 0.1) is 8.95 Å². The zero-order valence-electron chi connectivity index (χ0n) is 9.79. The number of nitrogens with one attached hydrogen (secondary N) is 1. The lowest BCUT2D eigenvalue weighted by atomic mass is 10.1. The molecule has 96 valence electrons. The summed E-state index contributed by atoms with van der Waals surface area (Å²) >= 11 is 6.29. The first-order valence-corrected chi connectivity index (χ1v) is 6.64. The number of carboxylic acid groups (broad SMARTS) is 1. The Morgan fingerprint density at radius 1 is 1.29 bits per heavy atom. The normalized spacial score (nSPS) is 11.4. The van der Waals surface area contributed by atoms with Crippen molar-refractivity contribution in [2.75, 3.05) is 7.05 Å². The molecule has 0 aliphatic carbocycles. The molecule has 0 saturated carbocycles. The lowest BCUT2D eigenvalue weighted by molar-refractivity contribution is -0.139. The maximum absolute atomic E-state index is 10.9. The molecule has 1 aromatic rings. The van der Waals surface area contributed by atoms with E-state index in [2.05, 4.69) is 37.2 Å². The molecule has 0 bridgehead atoms. The Labute approximate surface area is 117 Å². The average Bonchev–Trinajstić information content (AvgIpc) is 2.29. The van der Waals surface area contributed by atoms with Gasteiger partial charge in [0.1, 0.15) is 11.8 Å². The van der Waals surface area contributed by atoms with E-state index in [1.54, 1.807) is 19.2 Å². The predicted molar refractivity (Wildman–Crippen MR) is 74.3 cm³/mol. The first-order chi connectivity index (χ1) is 7.97. The highest BCUT2D eigenvalue weighted by atomic mass is 79.9. The van der Waals surface area contributed by atoms with Crippen LogP contribution in [-0.4, -0.2) is 23.2 Å². The second-order valence-electron chi connectivity index (χ2n) is 2.89. The molecule has 0 saturated heterocycles. The highest BCUT2D eigenvalue weighted by molar-refractivity contribution is 9.11. The third kappa shape index (κ3) is 4.29. The van der Waals surface area contributed by atoms with Crippen LogP contribution < -0.4 is 5.32 Å². The molecule has 0 aliphatic heterocycles. The van der Waals surface area contributed by atoms with Crippen LogP contribution in [0, 0.1) is 0 Å². The number of carboxylic acids is 1. The molecule has 17 heavy (non-hydrogen) atoms. The number of phenols is 1. The van der Waals surface area contributed by atoms with Crippen LogP contribution >= 0.6 is 31.9 Å². The zero-order chi connectivity index (χ0) is 13.6. The second-order valence-corrected chi connectivity index (χ2v) is 4.60. The fourth-order valence-corrected chi connectivity index (χ4v) is 2.41. The van der Waals surface area contributed by atoms with Crippen LogP contribution in [0.1, 0.15) is 25.5 Å². The van der Waals surface area contributed by atoms with E-state index in [9.17, 15) is 9.90 Å². The maximum atomic E-state index is 10.9. The van der Waals surface area contributed by atoms with Crippen LogP contribution in [0.3, 0.4) is 0 Å². The van der Waals surface area contributed by atoms with Gasteiger partial charge in [0, 0.05) is 0 Å². The summed E-state index contributed by atoms with van der Waals surface area (Å²) in [5.74, 6) is -0.916. The smallest absolute Gasteiger partial charge is 0.325 e. The van der Waals surface area contributed by atoms with Crippen LogP contribution in [-0.2, 0) is 4.79 Å². The van der Waals surface area contributed by atoms with Crippen molar-refractivity contribution >= 4 is 37.8 Å². The van der Waals surface area contributed by atoms with Gasteiger partial charge in [-0.15, -0.1) is 0 Å². The molecule has 0 spiro atoms. The number of phenolic OH excluding ortho intramolecular Hbond substituents is 1. The highest BCUT2D eigenvalue weighted by Gasteiger charge is 2.19. The molecule has 0 fully saturated rings.